The zero-order valence-electron chi connectivity index (χ0n) is 9.11. The van der Waals surface area contributed by atoms with Crippen molar-refractivity contribution in [1.29, 1.82) is 0 Å². The van der Waals surface area contributed by atoms with E-state index in [9.17, 15) is 0 Å². The van der Waals surface area contributed by atoms with Crippen LogP contribution >= 0.6 is 23.1 Å². The van der Waals surface area contributed by atoms with E-state index in [0.29, 0.717) is 0 Å². The summed E-state index contributed by atoms with van der Waals surface area (Å²) in [5.41, 5.74) is 1.90. The molecular formula is C11H18N2S2. The van der Waals surface area contributed by atoms with Crippen LogP contribution in [0, 0.1) is 0 Å². The van der Waals surface area contributed by atoms with E-state index in [1.165, 1.54) is 30.6 Å². The molecule has 4 heteroatoms. The monoisotopic (exact) mass is 242 g/mol. The Morgan fingerprint density at radius 1 is 1.47 bits per heavy atom. The Balaban J connectivity index is 1.69. The summed E-state index contributed by atoms with van der Waals surface area (Å²) in [6, 6.07) is 0.732. The van der Waals surface area contributed by atoms with Gasteiger partial charge >= 0.3 is 0 Å². The number of hydrogen-bond acceptors (Lipinski definition) is 4. The van der Waals surface area contributed by atoms with Crippen LogP contribution in [0.1, 0.15) is 30.6 Å². The molecule has 0 saturated heterocycles. The van der Waals surface area contributed by atoms with Gasteiger partial charge in [0.1, 0.15) is 0 Å². The number of nitrogens with one attached hydrogen (secondary N) is 1. The van der Waals surface area contributed by atoms with Gasteiger partial charge in [-0.15, -0.1) is 11.3 Å². The fraction of sp³-hybridized carbons (Fsp3) is 0.727. The number of aromatic nitrogens is 1. The normalized spacial score (nSPS) is 26.7. The van der Waals surface area contributed by atoms with Crippen LogP contribution in [0.25, 0.3) is 0 Å². The summed E-state index contributed by atoms with van der Waals surface area (Å²) in [4.78, 5) is 5.44. The average molecular weight is 242 g/mol. The van der Waals surface area contributed by atoms with E-state index in [1.54, 1.807) is 11.3 Å². The predicted octanol–water partition coefficient (Wildman–Crippen LogP) is 2.91. The van der Waals surface area contributed by atoms with Crippen molar-refractivity contribution >= 4 is 23.1 Å². The molecule has 1 aromatic rings. The van der Waals surface area contributed by atoms with Crippen molar-refractivity contribution in [2.24, 2.45) is 0 Å². The highest BCUT2D eigenvalue weighted by atomic mass is 32.2. The van der Waals surface area contributed by atoms with Gasteiger partial charge in [0.25, 0.3) is 0 Å². The zero-order chi connectivity index (χ0) is 10.5. The van der Waals surface area contributed by atoms with Gasteiger partial charge in [-0.2, -0.15) is 11.8 Å². The van der Waals surface area contributed by atoms with Crippen molar-refractivity contribution in [3.63, 3.8) is 0 Å². The first-order valence-electron chi connectivity index (χ1n) is 5.52. The van der Waals surface area contributed by atoms with Crippen LogP contribution < -0.4 is 5.32 Å². The van der Waals surface area contributed by atoms with Gasteiger partial charge < -0.3 is 5.32 Å². The lowest BCUT2D eigenvalue weighted by atomic mass is 9.95. The molecular weight excluding hydrogens is 224 g/mol. The maximum atomic E-state index is 4.09. The third-order valence-electron chi connectivity index (χ3n) is 3.06. The van der Waals surface area contributed by atoms with E-state index in [0.717, 1.165) is 17.8 Å². The highest BCUT2D eigenvalue weighted by molar-refractivity contribution is 7.99. The molecule has 1 aromatic heterocycles. The first kappa shape index (κ1) is 11.4. The van der Waals surface area contributed by atoms with Crippen molar-refractivity contribution < 1.29 is 0 Å². The van der Waals surface area contributed by atoms with Crippen LogP contribution in [0.4, 0.5) is 0 Å². The lowest BCUT2D eigenvalue weighted by Gasteiger charge is -2.27. The average Bonchev–Trinajstić information content (AvgIpc) is 2.80. The van der Waals surface area contributed by atoms with E-state index < -0.39 is 0 Å². The first-order valence-corrected chi connectivity index (χ1v) is 7.69. The van der Waals surface area contributed by atoms with Crippen LogP contribution in [0.2, 0.25) is 0 Å². The molecule has 1 aliphatic carbocycles. The molecule has 1 aliphatic rings. The van der Waals surface area contributed by atoms with Gasteiger partial charge in [-0.25, -0.2) is 0 Å². The molecule has 0 bridgehead atoms. The fourth-order valence-corrected chi connectivity index (χ4v) is 3.37. The second kappa shape index (κ2) is 5.87. The van der Waals surface area contributed by atoms with Crippen LogP contribution in [-0.4, -0.2) is 22.5 Å². The molecule has 0 atom stereocenters. The molecule has 2 rings (SSSR count). The minimum absolute atomic E-state index is 0.732. The van der Waals surface area contributed by atoms with Gasteiger partial charge in [-0.3, -0.25) is 4.98 Å². The van der Waals surface area contributed by atoms with Crippen LogP contribution in [0.15, 0.2) is 11.7 Å². The Morgan fingerprint density at radius 2 is 2.27 bits per heavy atom. The molecule has 0 radical (unpaired) electrons. The Labute approximate surface area is 99.9 Å². The van der Waals surface area contributed by atoms with Crippen molar-refractivity contribution in [2.75, 3.05) is 6.26 Å². The minimum atomic E-state index is 0.732. The summed E-state index contributed by atoms with van der Waals surface area (Å²) in [7, 11) is 0. The molecule has 1 fully saturated rings. The van der Waals surface area contributed by atoms with Gasteiger partial charge in [0.05, 0.1) is 5.51 Å². The van der Waals surface area contributed by atoms with Crippen molar-refractivity contribution in [3.8, 4) is 0 Å². The summed E-state index contributed by atoms with van der Waals surface area (Å²) in [6.45, 7) is 0.999. The number of rotatable bonds is 4. The van der Waals surface area contributed by atoms with E-state index in [4.69, 9.17) is 0 Å². The van der Waals surface area contributed by atoms with Crippen LogP contribution in [0.5, 0.6) is 0 Å². The maximum absolute atomic E-state index is 4.09. The quantitative estimate of drug-likeness (QED) is 0.879. The summed E-state index contributed by atoms with van der Waals surface area (Å²) in [5.74, 6) is 0. The second-order valence-electron chi connectivity index (χ2n) is 4.06. The Bertz CT molecular complexity index is 266. The smallest absolute Gasteiger partial charge is 0.0794 e. The number of thiazole rings is 1. The van der Waals surface area contributed by atoms with Gasteiger partial charge in [0.2, 0.25) is 0 Å². The largest absolute Gasteiger partial charge is 0.309 e. The molecule has 0 amide bonds. The molecule has 0 unspecified atom stereocenters. The van der Waals surface area contributed by atoms with Gasteiger partial charge in [0, 0.05) is 28.9 Å². The number of thioether (sulfide) groups is 1. The molecule has 0 spiro atoms. The lowest BCUT2D eigenvalue weighted by Crippen LogP contribution is -2.33. The van der Waals surface area contributed by atoms with Crippen LogP contribution in [0.3, 0.4) is 0 Å². The Morgan fingerprint density at radius 3 is 2.87 bits per heavy atom. The van der Waals surface area contributed by atoms with Gasteiger partial charge in [-0.05, 0) is 31.9 Å². The maximum Gasteiger partial charge on any atom is 0.0794 e. The summed E-state index contributed by atoms with van der Waals surface area (Å²) < 4.78 is 0. The molecule has 1 heterocycles. The third kappa shape index (κ3) is 3.47. The number of hydrogen-bond donors (Lipinski definition) is 1. The lowest BCUT2D eigenvalue weighted by molar-refractivity contribution is 0.380. The summed E-state index contributed by atoms with van der Waals surface area (Å²) in [6.07, 6.45) is 9.62. The summed E-state index contributed by atoms with van der Waals surface area (Å²) >= 11 is 3.77. The topological polar surface area (TPSA) is 24.9 Å². The zero-order valence-corrected chi connectivity index (χ0v) is 10.7. The second-order valence-corrected chi connectivity index (χ2v) is 6.17. The minimum Gasteiger partial charge on any atom is -0.309 e. The molecule has 0 aromatic carbocycles. The van der Waals surface area contributed by atoms with E-state index in [1.807, 2.05) is 23.5 Å². The van der Waals surface area contributed by atoms with Crippen LogP contribution in [-0.2, 0) is 6.54 Å². The molecule has 84 valence electrons. The number of nitrogens with zero attached hydrogens (tertiary/aromatic N) is 1. The van der Waals surface area contributed by atoms with Crippen molar-refractivity contribution in [3.05, 3.63) is 16.6 Å². The third-order valence-corrected chi connectivity index (χ3v) is 4.97. The fourth-order valence-electron chi connectivity index (χ4n) is 2.08. The van der Waals surface area contributed by atoms with E-state index in [-0.39, 0.29) is 0 Å². The van der Waals surface area contributed by atoms with E-state index >= 15 is 0 Å². The molecule has 1 N–H and O–H groups in total. The molecule has 15 heavy (non-hydrogen) atoms. The summed E-state index contributed by atoms with van der Waals surface area (Å²) in [5, 5.41) is 4.54. The highest BCUT2D eigenvalue weighted by Crippen LogP contribution is 2.27. The Hall–Kier alpha value is -0.0600. The standard InChI is InChI=1S/C11H18N2S2/c1-14-10-4-2-9(3-5-10)13-7-11-6-12-8-15-11/h6,8-10,13H,2-5,7H2,1H3. The van der Waals surface area contributed by atoms with E-state index in [2.05, 4.69) is 16.6 Å². The highest BCUT2D eigenvalue weighted by Gasteiger charge is 2.19. The first-order chi connectivity index (χ1) is 7.38. The molecule has 0 aliphatic heterocycles. The van der Waals surface area contributed by atoms with Gasteiger partial charge in [-0.1, -0.05) is 0 Å². The molecule has 2 nitrogen and oxygen atoms in total. The van der Waals surface area contributed by atoms with Crippen molar-refractivity contribution in [1.82, 2.24) is 10.3 Å². The predicted molar refractivity (Wildman–Crippen MR) is 68.5 cm³/mol. The van der Waals surface area contributed by atoms with Crippen molar-refractivity contribution in [2.45, 2.75) is 43.5 Å². The molecule has 1 saturated carbocycles. The SMILES string of the molecule is CSC1CCC(NCc2cncs2)CC1. The Kier molecular flexibility index (Phi) is 4.47. The van der Waals surface area contributed by atoms with Gasteiger partial charge in [0.15, 0.2) is 0 Å².